The molecule has 0 aromatic heterocycles. The van der Waals surface area contributed by atoms with Crippen molar-refractivity contribution in [2.45, 2.75) is 26.3 Å². The molecule has 0 fully saturated rings. The van der Waals surface area contributed by atoms with Gasteiger partial charge in [0.05, 0.1) is 0 Å². The summed E-state index contributed by atoms with van der Waals surface area (Å²) >= 11 is 0. The minimum atomic E-state index is -0.361. The zero-order valence-electron chi connectivity index (χ0n) is 11.2. The number of rotatable bonds is 4. The molecular formula is C16H18FNO. The molecular weight excluding hydrogens is 241 g/mol. The van der Waals surface area contributed by atoms with Crippen molar-refractivity contribution in [3.63, 3.8) is 0 Å². The van der Waals surface area contributed by atoms with Crippen molar-refractivity contribution in [1.29, 1.82) is 0 Å². The predicted octanol–water partition coefficient (Wildman–Crippen LogP) is 3.82. The first-order valence-corrected chi connectivity index (χ1v) is 6.34. The van der Waals surface area contributed by atoms with Crippen LogP contribution in [0.25, 0.3) is 0 Å². The molecule has 0 saturated carbocycles. The van der Waals surface area contributed by atoms with Gasteiger partial charge in [-0.25, -0.2) is 4.39 Å². The molecule has 0 saturated heterocycles. The summed E-state index contributed by atoms with van der Waals surface area (Å²) in [6, 6.07) is 12.2. The summed E-state index contributed by atoms with van der Waals surface area (Å²) in [5.41, 5.74) is 8.09. The lowest BCUT2D eigenvalue weighted by Gasteiger charge is -2.12. The predicted molar refractivity (Wildman–Crippen MR) is 75.0 cm³/mol. The maximum Gasteiger partial charge on any atom is 0.165 e. The van der Waals surface area contributed by atoms with E-state index in [2.05, 4.69) is 0 Å². The van der Waals surface area contributed by atoms with E-state index in [4.69, 9.17) is 10.5 Å². The fourth-order valence-electron chi connectivity index (χ4n) is 1.96. The number of aryl methyl sites for hydroxylation is 1. The Balaban J connectivity index is 2.19. The average molecular weight is 259 g/mol. The molecule has 0 aliphatic carbocycles. The largest absolute Gasteiger partial charge is 0.454 e. The van der Waals surface area contributed by atoms with Gasteiger partial charge >= 0.3 is 0 Å². The fourth-order valence-corrected chi connectivity index (χ4v) is 1.96. The zero-order valence-corrected chi connectivity index (χ0v) is 11.2. The van der Waals surface area contributed by atoms with Crippen LogP contribution in [-0.2, 0) is 6.42 Å². The van der Waals surface area contributed by atoms with Crippen LogP contribution in [0.5, 0.6) is 11.5 Å². The number of hydrogen-bond acceptors (Lipinski definition) is 2. The van der Waals surface area contributed by atoms with Gasteiger partial charge in [-0.2, -0.15) is 0 Å². The van der Waals surface area contributed by atoms with Gasteiger partial charge in [0, 0.05) is 6.04 Å². The summed E-state index contributed by atoms with van der Waals surface area (Å²) < 4.78 is 19.0. The summed E-state index contributed by atoms with van der Waals surface area (Å²) in [6.45, 7) is 3.98. The normalized spacial score (nSPS) is 12.2. The van der Waals surface area contributed by atoms with Crippen molar-refractivity contribution >= 4 is 0 Å². The maximum absolute atomic E-state index is 13.5. The van der Waals surface area contributed by atoms with Crippen LogP contribution < -0.4 is 10.5 Å². The maximum atomic E-state index is 13.5. The van der Waals surface area contributed by atoms with E-state index in [0.717, 1.165) is 12.0 Å². The van der Waals surface area contributed by atoms with Crippen LogP contribution in [0.1, 0.15) is 18.1 Å². The quantitative estimate of drug-likeness (QED) is 0.906. The van der Waals surface area contributed by atoms with E-state index in [1.54, 1.807) is 18.2 Å². The Bertz CT molecular complexity index is 566. The Kier molecular flexibility index (Phi) is 4.17. The molecule has 1 unspecified atom stereocenters. The van der Waals surface area contributed by atoms with E-state index in [1.165, 1.54) is 11.6 Å². The minimum Gasteiger partial charge on any atom is -0.454 e. The van der Waals surface area contributed by atoms with Gasteiger partial charge in [0.1, 0.15) is 5.75 Å². The Labute approximate surface area is 113 Å². The summed E-state index contributed by atoms with van der Waals surface area (Å²) in [5.74, 6) is 0.512. The van der Waals surface area contributed by atoms with E-state index in [1.807, 2.05) is 32.0 Å². The Morgan fingerprint density at radius 1 is 1.21 bits per heavy atom. The van der Waals surface area contributed by atoms with Gasteiger partial charge in [-0.15, -0.1) is 0 Å². The van der Waals surface area contributed by atoms with Crippen molar-refractivity contribution in [3.8, 4) is 11.5 Å². The zero-order chi connectivity index (χ0) is 13.8. The van der Waals surface area contributed by atoms with E-state index in [-0.39, 0.29) is 17.6 Å². The standard InChI is InChI=1S/C16H18FNO/c1-11-9-14(8-7-13(11)10-12(2)18)19-16-6-4-3-5-15(16)17/h3-9,12H,10,18H2,1-2H3. The van der Waals surface area contributed by atoms with Gasteiger partial charge < -0.3 is 10.5 Å². The molecule has 2 rings (SSSR count). The average Bonchev–Trinajstić information content (AvgIpc) is 2.35. The molecule has 3 heteroatoms. The Morgan fingerprint density at radius 3 is 2.58 bits per heavy atom. The van der Waals surface area contributed by atoms with Gasteiger partial charge in [-0.3, -0.25) is 0 Å². The SMILES string of the molecule is Cc1cc(Oc2ccccc2F)ccc1CC(C)N. The highest BCUT2D eigenvalue weighted by molar-refractivity contribution is 5.38. The van der Waals surface area contributed by atoms with Crippen LogP contribution in [0.15, 0.2) is 42.5 Å². The highest BCUT2D eigenvalue weighted by Crippen LogP contribution is 2.26. The molecule has 0 spiro atoms. The molecule has 19 heavy (non-hydrogen) atoms. The third-order valence-electron chi connectivity index (χ3n) is 2.92. The van der Waals surface area contributed by atoms with E-state index in [0.29, 0.717) is 5.75 Å². The topological polar surface area (TPSA) is 35.2 Å². The number of nitrogens with two attached hydrogens (primary N) is 1. The van der Waals surface area contributed by atoms with Crippen LogP contribution >= 0.6 is 0 Å². The summed E-state index contributed by atoms with van der Waals surface area (Å²) in [4.78, 5) is 0. The van der Waals surface area contributed by atoms with Crippen LogP contribution in [0, 0.1) is 12.7 Å². The molecule has 0 heterocycles. The lowest BCUT2D eigenvalue weighted by molar-refractivity contribution is 0.442. The second kappa shape index (κ2) is 5.85. The Hall–Kier alpha value is -1.87. The molecule has 0 aliphatic rings. The Morgan fingerprint density at radius 2 is 1.95 bits per heavy atom. The highest BCUT2D eigenvalue weighted by atomic mass is 19.1. The first kappa shape index (κ1) is 13.6. The molecule has 0 aliphatic heterocycles. The molecule has 0 amide bonds. The third-order valence-corrected chi connectivity index (χ3v) is 2.92. The van der Waals surface area contributed by atoms with Gasteiger partial charge in [0.15, 0.2) is 11.6 Å². The number of ether oxygens (including phenoxy) is 1. The molecule has 1 atom stereocenters. The van der Waals surface area contributed by atoms with Crippen LogP contribution in [0.3, 0.4) is 0 Å². The van der Waals surface area contributed by atoms with Gasteiger partial charge in [0.2, 0.25) is 0 Å². The monoisotopic (exact) mass is 259 g/mol. The van der Waals surface area contributed by atoms with Crippen LogP contribution in [-0.4, -0.2) is 6.04 Å². The molecule has 2 N–H and O–H groups in total. The van der Waals surface area contributed by atoms with Crippen molar-refractivity contribution in [1.82, 2.24) is 0 Å². The molecule has 2 nitrogen and oxygen atoms in total. The second-order valence-corrected chi connectivity index (χ2v) is 4.80. The van der Waals surface area contributed by atoms with Crippen LogP contribution in [0.2, 0.25) is 0 Å². The first-order chi connectivity index (χ1) is 9.06. The van der Waals surface area contributed by atoms with Crippen LogP contribution in [0.4, 0.5) is 4.39 Å². The van der Waals surface area contributed by atoms with Crippen molar-refractivity contribution in [2.75, 3.05) is 0 Å². The van der Waals surface area contributed by atoms with Gasteiger partial charge in [0.25, 0.3) is 0 Å². The number of benzene rings is 2. The summed E-state index contributed by atoms with van der Waals surface area (Å²) in [5, 5.41) is 0. The minimum absolute atomic E-state index is 0.122. The number of para-hydroxylation sites is 1. The van der Waals surface area contributed by atoms with Crippen molar-refractivity contribution < 1.29 is 9.13 Å². The van der Waals surface area contributed by atoms with Gasteiger partial charge in [-0.1, -0.05) is 18.2 Å². The smallest absolute Gasteiger partial charge is 0.165 e. The lowest BCUT2D eigenvalue weighted by atomic mass is 10.0. The van der Waals surface area contributed by atoms with E-state index >= 15 is 0 Å². The van der Waals surface area contributed by atoms with E-state index < -0.39 is 0 Å². The molecule has 0 bridgehead atoms. The van der Waals surface area contributed by atoms with Gasteiger partial charge in [-0.05, 0) is 55.7 Å². The number of hydrogen-bond donors (Lipinski definition) is 1. The number of halogens is 1. The molecule has 100 valence electrons. The van der Waals surface area contributed by atoms with E-state index in [9.17, 15) is 4.39 Å². The highest BCUT2D eigenvalue weighted by Gasteiger charge is 2.06. The summed E-state index contributed by atoms with van der Waals surface area (Å²) in [7, 11) is 0. The fraction of sp³-hybridized carbons (Fsp3) is 0.250. The third kappa shape index (κ3) is 3.55. The molecule has 0 radical (unpaired) electrons. The first-order valence-electron chi connectivity index (χ1n) is 6.34. The molecule has 2 aromatic carbocycles. The van der Waals surface area contributed by atoms with Crippen molar-refractivity contribution in [3.05, 3.63) is 59.4 Å². The lowest BCUT2D eigenvalue weighted by Crippen LogP contribution is -2.18. The van der Waals surface area contributed by atoms with Crippen molar-refractivity contribution in [2.24, 2.45) is 5.73 Å². The second-order valence-electron chi connectivity index (χ2n) is 4.80. The summed E-state index contributed by atoms with van der Waals surface area (Å²) in [6.07, 6.45) is 0.825. The molecule has 2 aromatic rings.